The standard InChI is InChI=1S/C19H24N2/c1-15-12-19(11-8-17(15)13-20-18-9-10-18)21(2)14-16-6-4-3-5-7-16/h3-8,11-12,18,20H,9-10,13-14H2,1-2H3. The molecule has 1 fully saturated rings. The molecular formula is C19H24N2. The quantitative estimate of drug-likeness (QED) is 0.863. The highest BCUT2D eigenvalue weighted by Crippen LogP contribution is 2.22. The summed E-state index contributed by atoms with van der Waals surface area (Å²) in [5.74, 6) is 0. The Kier molecular flexibility index (Phi) is 4.26. The van der Waals surface area contributed by atoms with Gasteiger partial charge in [0.25, 0.3) is 0 Å². The largest absolute Gasteiger partial charge is 0.370 e. The van der Waals surface area contributed by atoms with Gasteiger partial charge in [-0.05, 0) is 48.6 Å². The van der Waals surface area contributed by atoms with Gasteiger partial charge in [-0.15, -0.1) is 0 Å². The number of benzene rings is 2. The minimum absolute atomic E-state index is 0.768. The van der Waals surface area contributed by atoms with Crippen LogP contribution < -0.4 is 10.2 Å². The summed E-state index contributed by atoms with van der Waals surface area (Å²) in [5, 5.41) is 3.59. The molecule has 2 nitrogen and oxygen atoms in total. The van der Waals surface area contributed by atoms with Gasteiger partial charge in [-0.1, -0.05) is 36.4 Å². The number of hydrogen-bond acceptors (Lipinski definition) is 2. The Balaban J connectivity index is 1.65. The molecule has 2 aromatic rings. The fourth-order valence-corrected chi connectivity index (χ4v) is 2.61. The van der Waals surface area contributed by atoms with Crippen LogP contribution in [-0.4, -0.2) is 13.1 Å². The van der Waals surface area contributed by atoms with Crippen molar-refractivity contribution < 1.29 is 0 Å². The molecule has 0 atom stereocenters. The van der Waals surface area contributed by atoms with Crippen LogP contribution in [0.4, 0.5) is 5.69 Å². The first-order chi connectivity index (χ1) is 10.2. The molecule has 1 N–H and O–H groups in total. The second-order valence-corrected chi connectivity index (χ2v) is 6.11. The second kappa shape index (κ2) is 6.31. The van der Waals surface area contributed by atoms with Gasteiger partial charge in [-0.25, -0.2) is 0 Å². The van der Waals surface area contributed by atoms with Crippen LogP contribution in [0.25, 0.3) is 0 Å². The molecule has 0 aliphatic heterocycles. The van der Waals surface area contributed by atoms with Crippen molar-refractivity contribution in [1.82, 2.24) is 5.32 Å². The topological polar surface area (TPSA) is 15.3 Å². The molecular weight excluding hydrogens is 256 g/mol. The Hall–Kier alpha value is -1.80. The Morgan fingerprint density at radius 2 is 1.86 bits per heavy atom. The molecule has 0 saturated heterocycles. The van der Waals surface area contributed by atoms with Crippen molar-refractivity contribution in [2.45, 2.75) is 38.9 Å². The Morgan fingerprint density at radius 3 is 2.52 bits per heavy atom. The highest BCUT2D eigenvalue weighted by molar-refractivity contribution is 5.50. The van der Waals surface area contributed by atoms with E-state index in [-0.39, 0.29) is 0 Å². The zero-order chi connectivity index (χ0) is 14.7. The van der Waals surface area contributed by atoms with E-state index >= 15 is 0 Å². The van der Waals surface area contributed by atoms with Crippen LogP contribution in [0.15, 0.2) is 48.5 Å². The van der Waals surface area contributed by atoms with E-state index in [1.54, 1.807) is 0 Å². The van der Waals surface area contributed by atoms with Crippen LogP contribution in [0.1, 0.15) is 29.5 Å². The highest BCUT2D eigenvalue weighted by Gasteiger charge is 2.20. The van der Waals surface area contributed by atoms with Gasteiger partial charge < -0.3 is 10.2 Å². The zero-order valence-corrected chi connectivity index (χ0v) is 13.0. The highest BCUT2D eigenvalue weighted by atomic mass is 15.1. The summed E-state index contributed by atoms with van der Waals surface area (Å²) in [6.45, 7) is 4.16. The maximum atomic E-state index is 3.59. The molecule has 1 aliphatic carbocycles. The van der Waals surface area contributed by atoms with E-state index in [4.69, 9.17) is 0 Å². The van der Waals surface area contributed by atoms with E-state index in [1.807, 2.05) is 0 Å². The summed E-state index contributed by atoms with van der Waals surface area (Å²) in [6.07, 6.45) is 2.69. The molecule has 0 radical (unpaired) electrons. The zero-order valence-electron chi connectivity index (χ0n) is 13.0. The van der Waals surface area contributed by atoms with Gasteiger partial charge in [0.1, 0.15) is 0 Å². The van der Waals surface area contributed by atoms with Crippen molar-refractivity contribution in [2.75, 3.05) is 11.9 Å². The van der Waals surface area contributed by atoms with Crippen molar-refractivity contribution in [3.63, 3.8) is 0 Å². The molecule has 0 unspecified atom stereocenters. The van der Waals surface area contributed by atoms with E-state index < -0.39 is 0 Å². The van der Waals surface area contributed by atoms with Crippen LogP contribution in [0.5, 0.6) is 0 Å². The van der Waals surface area contributed by atoms with Crippen molar-refractivity contribution in [1.29, 1.82) is 0 Å². The maximum Gasteiger partial charge on any atom is 0.0426 e. The first-order valence-corrected chi connectivity index (χ1v) is 7.80. The number of anilines is 1. The SMILES string of the molecule is Cc1cc(N(C)Cc2ccccc2)ccc1CNC1CC1. The van der Waals surface area contributed by atoms with Crippen LogP contribution in [0.3, 0.4) is 0 Å². The monoisotopic (exact) mass is 280 g/mol. The lowest BCUT2D eigenvalue weighted by atomic mass is 10.1. The minimum Gasteiger partial charge on any atom is -0.370 e. The number of nitrogens with zero attached hydrogens (tertiary/aromatic N) is 1. The predicted molar refractivity (Wildman–Crippen MR) is 89.6 cm³/mol. The van der Waals surface area contributed by atoms with Crippen LogP contribution in [-0.2, 0) is 13.1 Å². The van der Waals surface area contributed by atoms with Crippen LogP contribution in [0.2, 0.25) is 0 Å². The lowest BCUT2D eigenvalue weighted by Crippen LogP contribution is -2.18. The van der Waals surface area contributed by atoms with E-state index in [2.05, 4.69) is 72.7 Å². The fourth-order valence-electron chi connectivity index (χ4n) is 2.61. The molecule has 0 aromatic heterocycles. The maximum absolute atomic E-state index is 3.59. The smallest absolute Gasteiger partial charge is 0.0426 e. The summed E-state index contributed by atoms with van der Waals surface area (Å²) in [5.41, 5.74) is 5.42. The molecule has 0 spiro atoms. The first-order valence-electron chi connectivity index (χ1n) is 7.80. The van der Waals surface area contributed by atoms with Gasteiger partial charge in [0, 0.05) is 31.9 Å². The summed E-state index contributed by atoms with van der Waals surface area (Å²) >= 11 is 0. The van der Waals surface area contributed by atoms with Crippen molar-refractivity contribution in [2.24, 2.45) is 0 Å². The average molecular weight is 280 g/mol. The van der Waals surface area contributed by atoms with Gasteiger partial charge in [-0.3, -0.25) is 0 Å². The Morgan fingerprint density at radius 1 is 1.10 bits per heavy atom. The molecule has 110 valence electrons. The predicted octanol–water partition coefficient (Wildman–Crippen LogP) is 3.88. The minimum atomic E-state index is 0.768. The van der Waals surface area contributed by atoms with Crippen LogP contribution >= 0.6 is 0 Å². The summed E-state index contributed by atoms with van der Waals surface area (Å²) in [4.78, 5) is 2.31. The Bertz CT molecular complexity index is 588. The first kappa shape index (κ1) is 14.2. The summed E-state index contributed by atoms with van der Waals surface area (Å²) in [6, 6.07) is 18.2. The normalized spacial score (nSPS) is 14.2. The Labute approximate surface area is 127 Å². The number of nitrogens with one attached hydrogen (secondary N) is 1. The second-order valence-electron chi connectivity index (χ2n) is 6.11. The van der Waals surface area contributed by atoms with Crippen LogP contribution in [0, 0.1) is 6.92 Å². The molecule has 3 rings (SSSR count). The van der Waals surface area contributed by atoms with Gasteiger partial charge in [0.2, 0.25) is 0 Å². The third kappa shape index (κ3) is 3.85. The average Bonchev–Trinajstić information content (AvgIpc) is 3.31. The van der Waals surface area contributed by atoms with Gasteiger partial charge in [0.15, 0.2) is 0 Å². The molecule has 21 heavy (non-hydrogen) atoms. The molecule has 2 heteroatoms. The van der Waals surface area contributed by atoms with Gasteiger partial charge >= 0.3 is 0 Å². The molecule has 2 aromatic carbocycles. The van der Waals surface area contributed by atoms with Gasteiger partial charge in [0.05, 0.1) is 0 Å². The van der Waals surface area contributed by atoms with E-state index in [0.29, 0.717) is 0 Å². The molecule has 0 bridgehead atoms. The summed E-state index contributed by atoms with van der Waals surface area (Å²) in [7, 11) is 2.16. The van der Waals surface area contributed by atoms with E-state index in [9.17, 15) is 0 Å². The van der Waals surface area contributed by atoms with Crippen molar-refractivity contribution in [3.05, 3.63) is 65.2 Å². The lowest BCUT2D eigenvalue weighted by Gasteiger charge is -2.21. The molecule has 1 aliphatic rings. The molecule has 1 saturated carbocycles. The van der Waals surface area contributed by atoms with Crippen molar-refractivity contribution >= 4 is 5.69 Å². The number of aryl methyl sites for hydroxylation is 1. The third-order valence-corrected chi connectivity index (χ3v) is 4.19. The number of hydrogen-bond donors (Lipinski definition) is 1. The summed E-state index contributed by atoms with van der Waals surface area (Å²) < 4.78 is 0. The third-order valence-electron chi connectivity index (χ3n) is 4.19. The molecule has 0 heterocycles. The lowest BCUT2D eigenvalue weighted by molar-refractivity contribution is 0.685. The fraction of sp³-hybridized carbons (Fsp3) is 0.368. The van der Waals surface area contributed by atoms with Crippen molar-refractivity contribution in [3.8, 4) is 0 Å². The van der Waals surface area contributed by atoms with Gasteiger partial charge in [-0.2, -0.15) is 0 Å². The number of rotatable bonds is 6. The van der Waals surface area contributed by atoms with E-state index in [0.717, 1.165) is 19.1 Å². The molecule has 0 amide bonds. The van der Waals surface area contributed by atoms with E-state index in [1.165, 1.54) is 35.2 Å².